The number of nitrogens with zero attached hydrogens (tertiary/aromatic N) is 1. The minimum atomic E-state index is -0.497. The summed E-state index contributed by atoms with van der Waals surface area (Å²) in [5.41, 5.74) is 2.59. The van der Waals surface area contributed by atoms with Crippen LogP contribution in [0.1, 0.15) is 49.3 Å². The first-order chi connectivity index (χ1) is 17.3. The van der Waals surface area contributed by atoms with Crippen LogP contribution in [0.4, 0.5) is 5.00 Å². The number of anilines is 1. The maximum Gasteiger partial charge on any atom is 0.341 e. The van der Waals surface area contributed by atoms with Crippen molar-refractivity contribution in [2.75, 3.05) is 18.5 Å². The highest BCUT2D eigenvalue weighted by Crippen LogP contribution is 2.40. The maximum atomic E-state index is 12.8. The normalized spacial score (nSPS) is 12.3. The second kappa shape index (κ2) is 10.8. The summed E-state index contributed by atoms with van der Waals surface area (Å²) >= 11 is 6.63. The molecule has 0 radical (unpaired) electrons. The smallest absolute Gasteiger partial charge is 0.341 e. The Bertz CT molecular complexity index is 1330. The molecule has 0 atom stereocenters. The van der Waals surface area contributed by atoms with Gasteiger partial charge in [-0.25, -0.2) is 4.79 Å². The van der Waals surface area contributed by atoms with Gasteiger partial charge in [-0.3, -0.25) is 19.3 Å². The van der Waals surface area contributed by atoms with E-state index in [-0.39, 0.29) is 24.7 Å². The first kappa shape index (κ1) is 25.2. The van der Waals surface area contributed by atoms with Crippen LogP contribution in [-0.2, 0) is 9.53 Å². The van der Waals surface area contributed by atoms with Gasteiger partial charge in [0.05, 0.1) is 17.7 Å². The van der Waals surface area contributed by atoms with E-state index >= 15 is 0 Å². The van der Waals surface area contributed by atoms with E-state index in [0.717, 1.165) is 20.9 Å². The predicted molar refractivity (Wildman–Crippen MR) is 141 cm³/mol. The van der Waals surface area contributed by atoms with E-state index in [1.54, 1.807) is 31.2 Å². The number of thiocarbonyl (C=S) groups is 1. The summed E-state index contributed by atoms with van der Waals surface area (Å²) in [4.78, 5) is 52.2. The molecule has 1 aliphatic heterocycles. The molecule has 1 aliphatic rings. The highest BCUT2D eigenvalue weighted by molar-refractivity contribution is 7.80. The van der Waals surface area contributed by atoms with Crippen LogP contribution in [0.2, 0.25) is 0 Å². The summed E-state index contributed by atoms with van der Waals surface area (Å²) in [6.07, 6.45) is -0.128. The highest BCUT2D eigenvalue weighted by atomic mass is 32.1. The Morgan fingerprint density at radius 1 is 1.00 bits per heavy atom. The van der Waals surface area contributed by atoms with Crippen molar-refractivity contribution >= 4 is 57.4 Å². The number of nitrogens with one attached hydrogen (secondary N) is 2. The Morgan fingerprint density at radius 3 is 2.22 bits per heavy atom. The van der Waals surface area contributed by atoms with Crippen LogP contribution in [0.15, 0.2) is 54.6 Å². The lowest BCUT2D eigenvalue weighted by molar-refractivity contribution is -0.119. The molecule has 0 bridgehead atoms. The van der Waals surface area contributed by atoms with E-state index in [4.69, 9.17) is 17.0 Å². The van der Waals surface area contributed by atoms with Gasteiger partial charge in [-0.2, -0.15) is 0 Å². The summed E-state index contributed by atoms with van der Waals surface area (Å²) < 4.78 is 5.28. The molecule has 0 fully saturated rings. The van der Waals surface area contributed by atoms with Gasteiger partial charge in [-0.1, -0.05) is 42.5 Å². The van der Waals surface area contributed by atoms with Crippen molar-refractivity contribution in [3.8, 4) is 11.1 Å². The summed E-state index contributed by atoms with van der Waals surface area (Å²) in [5, 5.41) is 5.95. The Kier molecular flexibility index (Phi) is 7.56. The fourth-order valence-corrected chi connectivity index (χ4v) is 5.31. The fourth-order valence-electron chi connectivity index (χ4n) is 3.96. The molecule has 0 spiro atoms. The molecular formula is C26H23N3O5S2. The third-order valence-corrected chi connectivity index (χ3v) is 6.77. The second-order valence-corrected chi connectivity index (χ2v) is 9.52. The number of carbonyl (C=O) groups excluding carboxylic acids is 4. The van der Waals surface area contributed by atoms with E-state index < -0.39 is 23.7 Å². The first-order valence-electron chi connectivity index (χ1n) is 11.2. The van der Waals surface area contributed by atoms with Gasteiger partial charge < -0.3 is 15.4 Å². The number of ether oxygens (including phenoxy) is 1. The van der Waals surface area contributed by atoms with Gasteiger partial charge in [0.15, 0.2) is 5.11 Å². The van der Waals surface area contributed by atoms with Crippen LogP contribution in [0.25, 0.3) is 11.1 Å². The van der Waals surface area contributed by atoms with Crippen molar-refractivity contribution in [1.82, 2.24) is 10.2 Å². The van der Waals surface area contributed by atoms with Crippen LogP contribution in [0.3, 0.4) is 0 Å². The fraction of sp³-hybridized carbons (Fsp3) is 0.192. The number of esters is 1. The van der Waals surface area contributed by atoms with E-state index in [1.807, 2.05) is 37.3 Å². The number of rotatable bonds is 7. The quantitative estimate of drug-likeness (QED) is 0.270. The molecule has 8 nitrogen and oxygen atoms in total. The number of benzene rings is 2. The van der Waals surface area contributed by atoms with E-state index in [0.29, 0.717) is 21.7 Å². The Labute approximate surface area is 217 Å². The molecule has 2 aromatic carbocycles. The lowest BCUT2D eigenvalue weighted by Gasteiger charge is -2.14. The standard InChI is InChI=1S/C26H23N3O5S2/c1-3-34-25(33)21-20(16-9-5-4-6-10-16)15(2)36-22(21)28-26(35)27-19(30)13-14-29-23(31)17-11-7-8-12-18(17)24(29)32/h4-12H,3,13-14H2,1-2H3,(H2,27,28,30,35). The molecule has 3 amide bonds. The molecule has 3 aromatic rings. The third kappa shape index (κ3) is 5.05. The number of amides is 3. The number of hydrogen-bond donors (Lipinski definition) is 2. The van der Waals surface area contributed by atoms with Crippen molar-refractivity contribution in [2.45, 2.75) is 20.3 Å². The maximum absolute atomic E-state index is 12.8. The molecule has 0 aliphatic carbocycles. The molecule has 36 heavy (non-hydrogen) atoms. The van der Waals surface area contributed by atoms with Crippen LogP contribution >= 0.6 is 23.6 Å². The highest BCUT2D eigenvalue weighted by Gasteiger charge is 2.35. The summed E-state index contributed by atoms with van der Waals surface area (Å²) in [7, 11) is 0. The molecule has 1 aromatic heterocycles. The first-order valence-corrected chi connectivity index (χ1v) is 12.5. The molecule has 10 heteroatoms. The summed E-state index contributed by atoms with van der Waals surface area (Å²) in [6.45, 7) is 3.75. The lowest BCUT2D eigenvalue weighted by atomic mass is 10.0. The zero-order valence-electron chi connectivity index (χ0n) is 19.6. The third-order valence-electron chi connectivity index (χ3n) is 5.55. The molecule has 184 valence electrons. The molecule has 0 unspecified atom stereocenters. The van der Waals surface area contributed by atoms with Gasteiger partial charge in [-0.15, -0.1) is 11.3 Å². The molecule has 0 saturated carbocycles. The number of carbonyl (C=O) groups is 4. The van der Waals surface area contributed by atoms with Gasteiger partial charge in [0.2, 0.25) is 5.91 Å². The zero-order chi connectivity index (χ0) is 25.8. The molecule has 0 saturated heterocycles. The van der Waals surface area contributed by atoms with Crippen molar-refractivity contribution < 1.29 is 23.9 Å². The lowest BCUT2D eigenvalue weighted by Crippen LogP contribution is -2.38. The number of aryl methyl sites for hydroxylation is 1. The average molecular weight is 522 g/mol. The number of imide groups is 1. The van der Waals surface area contributed by atoms with E-state index in [2.05, 4.69) is 10.6 Å². The van der Waals surface area contributed by atoms with E-state index in [1.165, 1.54) is 11.3 Å². The number of fused-ring (bicyclic) bond motifs is 1. The summed E-state index contributed by atoms with van der Waals surface area (Å²) in [6, 6.07) is 16.0. The van der Waals surface area contributed by atoms with Crippen molar-refractivity contribution in [3.05, 3.63) is 76.2 Å². The molecule has 2 heterocycles. The van der Waals surface area contributed by atoms with Gasteiger partial charge in [0.25, 0.3) is 11.8 Å². The number of thiophene rings is 1. The van der Waals surface area contributed by atoms with Crippen LogP contribution in [0.5, 0.6) is 0 Å². The SMILES string of the molecule is CCOC(=O)c1c(NC(=S)NC(=O)CCN2C(=O)c3ccccc3C2=O)sc(C)c1-c1ccccc1. The van der Waals surface area contributed by atoms with Crippen molar-refractivity contribution in [1.29, 1.82) is 0 Å². The zero-order valence-corrected chi connectivity index (χ0v) is 21.3. The van der Waals surface area contributed by atoms with Gasteiger partial charge >= 0.3 is 5.97 Å². The molecule has 2 N–H and O–H groups in total. The summed E-state index contributed by atoms with van der Waals surface area (Å²) in [5.74, 6) is -1.82. The Balaban J connectivity index is 1.44. The van der Waals surface area contributed by atoms with Crippen LogP contribution in [0, 0.1) is 6.92 Å². The van der Waals surface area contributed by atoms with E-state index in [9.17, 15) is 19.2 Å². The van der Waals surface area contributed by atoms with Gasteiger partial charge in [0.1, 0.15) is 10.6 Å². The molecular weight excluding hydrogens is 498 g/mol. The second-order valence-electron chi connectivity index (χ2n) is 7.88. The van der Waals surface area contributed by atoms with Crippen LogP contribution in [-0.4, -0.2) is 46.9 Å². The minimum Gasteiger partial charge on any atom is -0.462 e. The number of hydrogen-bond acceptors (Lipinski definition) is 7. The van der Waals surface area contributed by atoms with Gasteiger partial charge in [0, 0.05) is 23.4 Å². The minimum absolute atomic E-state index is 0.00577. The topological polar surface area (TPSA) is 105 Å². The Hall–Kier alpha value is -3.89. The monoisotopic (exact) mass is 521 g/mol. The molecule has 4 rings (SSSR count). The van der Waals surface area contributed by atoms with Crippen LogP contribution < -0.4 is 10.6 Å². The van der Waals surface area contributed by atoms with Crippen molar-refractivity contribution in [2.24, 2.45) is 0 Å². The average Bonchev–Trinajstić information content (AvgIpc) is 3.31. The Morgan fingerprint density at radius 2 is 1.61 bits per heavy atom. The van der Waals surface area contributed by atoms with Crippen molar-refractivity contribution in [3.63, 3.8) is 0 Å². The predicted octanol–water partition coefficient (Wildman–Crippen LogP) is 4.40. The van der Waals surface area contributed by atoms with Gasteiger partial charge in [-0.05, 0) is 43.8 Å². The largest absolute Gasteiger partial charge is 0.462 e.